The first-order chi connectivity index (χ1) is 12.8. The van der Waals surface area contributed by atoms with Gasteiger partial charge < -0.3 is 19.5 Å². The molecule has 0 atom stereocenters. The van der Waals surface area contributed by atoms with Crippen molar-refractivity contribution in [2.75, 3.05) is 38.4 Å². The van der Waals surface area contributed by atoms with E-state index in [4.69, 9.17) is 14.2 Å². The lowest BCUT2D eigenvalue weighted by Gasteiger charge is -2.11. The Labute approximate surface area is 152 Å². The molecule has 0 spiro atoms. The summed E-state index contributed by atoms with van der Waals surface area (Å²) in [5, 5.41) is 12.3. The molecule has 2 N–H and O–H groups in total. The highest BCUT2D eigenvalue weighted by Crippen LogP contribution is 2.27. The molecule has 0 aliphatic heterocycles. The number of hydrogen-bond donors (Lipinski definition) is 2. The van der Waals surface area contributed by atoms with Crippen LogP contribution in [0.15, 0.2) is 36.4 Å². The first kappa shape index (κ1) is 18.2. The van der Waals surface area contributed by atoms with Gasteiger partial charge in [-0.05, 0) is 31.4 Å². The number of H-pyrrole nitrogens is 1. The van der Waals surface area contributed by atoms with E-state index < -0.39 is 0 Å². The second-order valence-electron chi connectivity index (χ2n) is 5.75. The average molecular weight is 356 g/mol. The molecule has 7 nitrogen and oxygen atoms in total. The Balaban J connectivity index is 1.67. The van der Waals surface area contributed by atoms with E-state index in [0.717, 1.165) is 22.3 Å². The van der Waals surface area contributed by atoms with Crippen molar-refractivity contribution < 1.29 is 14.2 Å². The van der Waals surface area contributed by atoms with E-state index in [9.17, 15) is 0 Å². The van der Waals surface area contributed by atoms with Crippen molar-refractivity contribution in [2.24, 2.45) is 0 Å². The maximum atomic E-state index is 5.86. The standard InChI is InChI=1S/C19H24N4O3/c1-3-24-8-9-25-10-11-26-19-16-7-5-4-6-15(16)13-17(21-19)20-18-12-14(2)22-23-18/h4-7,12-13H,3,8-11H2,1-2H3,(H2,20,21,22,23). The first-order valence-electron chi connectivity index (χ1n) is 8.73. The summed E-state index contributed by atoms with van der Waals surface area (Å²) in [4.78, 5) is 4.59. The molecule has 0 unspecified atom stereocenters. The van der Waals surface area contributed by atoms with Gasteiger partial charge in [-0.25, -0.2) is 0 Å². The van der Waals surface area contributed by atoms with Crippen LogP contribution in [-0.4, -0.2) is 48.2 Å². The Kier molecular flexibility index (Phi) is 6.40. The lowest BCUT2D eigenvalue weighted by atomic mass is 10.1. The fourth-order valence-electron chi connectivity index (χ4n) is 2.52. The second kappa shape index (κ2) is 9.17. The minimum atomic E-state index is 0.425. The molecule has 1 aromatic carbocycles. The number of aryl methyl sites for hydroxylation is 1. The zero-order chi connectivity index (χ0) is 18.2. The zero-order valence-electron chi connectivity index (χ0n) is 15.1. The number of pyridine rings is 1. The summed E-state index contributed by atoms with van der Waals surface area (Å²) < 4.78 is 16.6. The van der Waals surface area contributed by atoms with Crippen molar-refractivity contribution in [1.29, 1.82) is 0 Å². The molecule has 0 radical (unpaired) electrons. The summed E-state index contributed by atoms with van der Waals surface area (Å²) >= 11 is 0. The van der Waals surface area contributed by atoms with Crippen LogP contribution in [0.5, 0.6) is 5.88 Å². The summed E-state index contributed by atoms with van der Waals surface area (Å²) in [6, 6.07) is 11.9. The van der Waals surface area contributed by atoms with Gasteiger partial charge in [0.1, 0.15) is 12.4 Å². The third-order valence-electron chi connectivity index (χ3n) is 3.71. The van der Waals surface area contributed by atoms with E-state index in [0.29, 0.717) is 44.7 Å². The van der Waals surface area contributed by atoms with Gasteiger partial charge >= 0.3 is 0 Å². The molecule has 0 saturated carbocycles. The van der Waals surface area contributed by atoms with Crippen LogP contribution in [0.1, 0.15) is 12.6 Å². The number of ether oxygens (including phenoxy) is 3. The average Bonchev–Trinajstić information content (AvgIpc) is 3.05. The molecule has 3 aromatic rings. The highest BCUT2D eigenvalue weighted by Gasteiger charge is 2.08. The lowest BCUT2D eigenvalue weighted by Crippen LogP contribution is -2.11. The van der Waals surface area contributed by atoms with Gasteiger partial charge in [-0.15, -0.1) is 0 Å². The van der Waals surface area contributed by atoms with Crippen LogP contribution < -0.4 is 10.1 Å². The quantitative estimate of drug-likeness (QED) is 0.542. The number of rotatable bonds is 10. The Hall–Kier alpha value is -2.64. The fraction of sp³-hybridized carbons (Fsp3) is 0.368. The van der Waals surface area contributed by atoms with Gasteiger partial charge in [0.05, 0.1) is 19.8 Å². The van der Waals surface area contributed by atoms with E-state index in [-0.39, 0.29) is 0 Å². The molecule has 138 valence electrons. The molecule has 0 fully saturated rings. The normalized spacial score (nSPS) is 11.0. The lowest BCUT2D eigenvalue weighted by molar-refractivity contribution is 0.0401. The summed E-state index contributed by atoms with van der Waals surface area (Å²) in [6.07, 6.45) is 0. The summed E-state index contributed by atoms with van der Waals surface area (Å²) in [7, 11) is 0. The molecular formula is C19H24N4O3. The molecule has 0 aliphatic carbocycles. The number of aromatic nitrogens is 3. The van der Waals surface area contributed by atoms with Crippen molar-refractivity contribution >= 4 is 22.4 Å². The Bertz CT molecular complexity index is 835. The maximum Gasteiger partial charge on any atom is 0.223 e. The topological polar surface area (TPSA) is 81.3 Å². The van der Waals surface area contributed by atoms with Crippen molar-refractivity contribution in [1.82, 2.24) is 15.2 Å². The van der Waals surface area contributed by atoms with Gasteiger partial charge in [0.25, 0.3) is 0 Å². The number of hydrogen-bond acceptors (Lipinski definition) is 6. The molecule has 2 heterocycles. The molecule has 0 saturated heterocycles. The van der Waals surface area contributed by atoms with Crippen LogP contribution in [-0.2, 0) is 9.47 Å². The molecule has 7 heteroatoms. The Morgan fingerprint density at radius 3 is 2.62 bits per heavy atom. The molecule has 3 rings (SSSR count). The van der Waals surface area contributed by atoms with Crippen LogP contribution in [0.4, 0.5) is 11.6 Å². The smallest absolute Gasteiger partial charge is 0.223 e. The number of aromatic amines is 1. The van der Waals surface area contributed by atoms with Gasteiger partial charge in [0.15, 0.2) is 5.82 Å². The van der Waals surface area contributed by atoms with E-state index in [2.05, 4.69) is 20.5 Å². The number of anilines is 2. The molecule has 0 amide bonds. The summed E-state index contributed by atoms with van der Waals surface area (Å²) in [6.45, 7) is 6.68. The van der Waals surface area contributed by atoms with Crippen molar-refractivity contribution in [3.05, 3.63) is 42.1 Å². The fourth-order valence-corrected chi connectivity index (χ4v) is 2.52. The molecule has 0 aliphatic rings. The van der Waals surface area contributed by atoms with Crippen LogP contribution >= 0.6 is 0 Å². The van der Waals surface area contributed by atoms with Crippen molar-refractivity contribution in [3.8, 4) is 5.88 Å². The van der Waals surface area contributed by atoms with Gasteiger partial charge in [0.2, 0.25) is 5.88 Å². The van der Waals surface area contributed by atoms with E-state index in [1.54, 1.807) is 0 Å². The van der Waals surface area contributed by atoms with E-state index in [1.807, 2.05) is 50.2 Å². The van der Waals surface area contributed by atoms with Crippen molar-refractivity contribution in [3.63, 3.8) is 0 Å². The van der Waals surface area contributed by atoms with E-state index >= 15 is 0 Å². The van der Waals surface area contributed by atoms with Crippen LogP contribution in [0.2, 0.25) is 0 Å². The first-order valence-corrected chi connectivity index (χ1v) is 8.73. The van der Waals surface area contributed by atoms with Gasteiger partial charge in [-0.1, -0.05) is 18.2 Å². The summed E-state index contributed by atoms with van der Waals surface area (Å²) in [5.74, 6) is 1.98. The highest BCUT2D eigenvalue weighted by molar-refractivity contribution is 5.89. The third kappa shape index (κ3) is 4.93. The number of nitrogens with zero attached hydrogens (tertiary/aromatic N) is 2. The number of benzene rings is 1. The molecule has 2 aromatic heterocycles. The predicted octanol–water partition coefficient (Wildman–Crippen LogP) is 3.44. The summed E-state index contributed by atoms with van der Waals surface area (Å²) in [5.41, 5.74) is 0.981. The third-order valence-corrected chi connectivity index (χ3v) is 3.71. The predicted molar refractivity (Wildman–Crippen MR) is 101 cm³/mol. The van der Waals surface area contributed by atoms with Gasteiger partial charge in [-0.2, -0.15) is 10.1 Å². The monoisotopic (exact) mass is 356 g/mol. The molecule has 26 heavy (non-hydrogen) atoms. The number of nitrogens with one attached hydrogen (secondary N) is 2. The Morgan fingerprint density at radius 2 is 1.81 bits per heavy atom. The molecular weight excluding hydrogens is 332 g/mol. The molecule has 0 bridgehead atoms. The van der Waals surface area contributed by atoms with Crippen LogP contribution in [0.3, 0.4) is 0 Å². The Morgan fingerprint density at radius 1 is 1.00 bits per heavy atom. The minimum Gasteiger partial charge on any atom is -0.475 e. The van der Waals surface area contributed by atoms with Gasteiger partial charge in [0, 0.05) is 23.8 Å². The van der Waals surface area contributed by atoms with Crippen molar-refractivity contribution in [2.45, 2.75) is 13.8 Å². The second-order valence-corrected chi connectivity index (χ2v) is 5.75. The zero-order valence-corrected chi connectivity index (χ0v) is 15.1. The maximum absolute atomic E-state index is 5.86. The van der Waals surface area contributed by atoms with Crippen LogP contribution in [0, 0.1) is 6.92 Å². The number of fused-ring (bicyclic) bond motifs is 1. The van der Waals surface area contributed by atoms with Crippen LogP contribution in [0.25, 0.3) is 10.8 Å². The minimum absolute atomic E-state index is 0.425. The largest absolute Gasteiger partial charge is 0.475 e. The van der Waals surface area contributed by atoms with Gasteiger partial charge in [-0.3, -0.25) is 5.10 Å². The SMILES string of the molecule is CCOCCOCCOc1nc(Nc2cc(C)[nH]n2)cc2ccccc12. The van der Waals surface area contributed by atoms with E-state index in [1.165, 1.54) is 0 Å². The highest BCUT2D eigenvalue weighted by atomic mass is 16.5.